The zero-order valence-electron chi connectivity index (χ0n) is 11.8. The molecule has 0 spiro atoms. The predicted octanol–water partition coefficient (Wildman–Crippen LogP) is 1.57. The van der Waals surface area contributed by atoms with E-state index in [2.05, 4.69) is 22.3 Å². The maximum absolute atomic E-state index is 12.0. The van der Waals surface area contributed by atoms with E-state index in [0.29, 0.717) is 6.54 Å². The third-order valence-electron chi connectivity index (χ3n) is 4.31. The van der Waals surface area contributed by atoms with Gasteiger partial charge in [-0.2, -0.15) is 0 Å². The van der Waals surface area contributed by atoms with Crippen LogP contribution in [-0.2, 0) is 17.6 Å². The number of aliphatic hydroxyl groups is 1. The van der Waals surface area contributed by atoms with Crippen molar-refractivity contribution in [3.8, 4) is 0 Å². The van der Waals surface area contributed by atoms with Gasteiger partial charge in [-0.05, 0) is 55.4 Å². The number of carbonyl (C=O) groups is 1. The first-order chi connectivity index (χ1) is 9.70. The SMILES string of the molecule is O=C(CN1CCC(O)CC1)Nc1ccc2c(c1)CCC2. The third-order valence-corrected chi connectivity index (χ3v) is 4.31. The molecular formula is C16H22N2O2. The van der Waals surface area contributed by atoms with E-state index in [4.69, 9.17) is 0 Å². The maximum Gasteiger partial charge on any atom is 0.238 e. The standard InChI is InChI=1S/C16H22N2O2/c19-15-6-8-18(9-7-15)11-16(20)17-14-5-4-12-2-1-3-13(12)10-14/h4-5,10,15,19H,1-3,6-9,11H2,(H,17,20). The van der Waals surface area contributed by atoms with Crippen molar-refractivity contribution in [2.45, 2.75) is 38.2 Å². The van der Waals surface area contributed by atoms with Gasteiger partial charge in [-0.25, -0.2) is 0 Å². The molecule has 1 fully saturated rings. The first-order valence-corrected chi connectivity index (χ1v) is 7.53. The van der Waals surface area contributed by atoms with Crippen molar-refractivity contribution in [1.82, 2.24) is 4.90 Å². The van der Waals surface area contributed by atoms with Crippen molar-refractivity contribution in [2.75, 3.05) is 25.0 Å². The van der Waals surface area contributed by atoms with Gasteiger partial charge in [0.15, 0.2) is 0 Å². The molecule has 108 valence electrons. The van der Waals surface area contributed by atoms with Crippen molar-refractivity contribution >= 4 is 11.6 Å². The van der Waals surface area contributed by atoms with Crippen LogP contribution in [0.5, 0.6) is 0 Å². The smallest absolute Gasteiger partial charge is 0.238 e. The monoisotopic (exact) mass is 274 g/mol. The molecule has 2 aliphatic rings. The number of aryl methyl sites for hydroxylation is 2. The normalized spacial score (nSPS) is 19.9. The van der Waals surface area contributed by atoms with Gasteiger partial charge in [0, 0.05) is 18.8 Å². The number of aliphatic hydroxyl groups excluding tert-OH is 1. The Morgan fingerprint density at radius 3 is 2.80 bits per heavy atom. The Kier molecular flexibility index (Phi) is 4.03. The Bertz CT molecular complexity index is 493. The van der Waals surface area contributed by atoms with E-state index in [0.717, 1.165) is 38.0 Å². The van der Waals surface area contributed by atoms with Crippen LogP contribution in [0.4, 0.5) is 5.69 Å². The van der Waals surface area contributed by atoms with Gasteiger partial charge in [0.05, 0.1) is 12.6 Å². The second kappa shape index (κ2) is 5.94. The summed E-state index contributed by atoms with van der Waals surface area (Å²) in [4.78, 5) is 14.2. The summed E-state index contributed by atoms with van der Waals surface area (Å²) in [7, 11) is 0. The minimum Gasteiger partial charge on any atom is -0.393 e. The van der Waals surface area contributed by atoms with Crippen LogP contribution in [-0.4, -0.2) is 41.7 Å². The number of fused-ring (bicyclic) bond motifs is 1. The van der Waals surface area contributed by atoms with E-state index in [1.54, 1.807) is 0 Å². The van der Waals surface area contributed by atoms with Gasteiger partial charge in [0.25, 0.3) is 0 Å². The first-order valence-electron chi connectivity index (χ1n) is 7.53. The highest BCUT2D eigenvalue weighted by molar-refractivity contribution is 5.92. The number of piperidine rings is 1. The van der Waals surface area contributed by atoms with Crippen LogP contribution in [0.15, 0.2) is 18.2 Å². The van der Waals surface area contributed by atoms with Crippen LogP contribution in [0.25, 0.3) is 0 Å². The second-order valence-electron chi connectivity index (χ2n) is 5.89. The number of carbonyl (C=O) groups excluding carboxylic acids is 1. The van der Waals surface area contributed by atoms with E-state index >= 15 is 0 Å². The van der Waals surface area contributed by atoms with Crippen LogP contribution in [0.1, 0.15) is 30.4 Å². The molecule has 4 heteroatoms. The van der Waals surface area contributed by atoms with Crippen molar-refractivity contribution in [3.05, 3.63) is 29.3 Å². The van der Waals surface area contributed by atoms with Crippen molar-refractivity contribution in [3.63, 3.8) is 0 Å². The molecule has 1 aliphatic heterocycles. The minimum absolute atomic E-state index is 0.0411. The Labute approximate surface area is 119 Å². The lowest BCUT2D eigenvalue weighted by Gasteiger charge is -2.28. The summed E-state index contributed by atoms with van der Waals surface area (Å²) < 4.78 is 0. The first kappa shape index (κ1) is 13.6. The average molecular weight is 274 g/mol. The molecule has 0 saturated carbocycles. The summed E-state index contributed by atoms with van der Waals surface area (Å²) in [5.74, 6) is 0.0411. The van der Waals surface area contributed by atoms with E-state index in [-0.39, 0.29) is 12.0 Å². The zero-order valence-corrected chi connectivity index (χ0v) is 11.8. The summed E-state index contributed by atoms with van der Waals surface area (Å²) in [6, 6.07) is 6.25. The zero-order chi connectivity index (χ0) is 13.9. The summed E-state index contributed by atoms with van der Waals surface area (Å²) >= 11 is 0. The summed E-state index contributed by atoms with van der Waals surface area (Å²) in [6.07, 6.45) is 4.87. The second-order valence-corrected chi connectivity index (χ2v) is 5.89. The molecule has 3 rings (SSSR count). The molecule has 0 radical (unpaired) electrons. The lowest BCUT2D eigenvalue weighted by Crippen LogP contribution is -2.40. The van der Waals surface area contributed by atoms with Gasteiger partial charge in [0.1, 0.15) is 0 Å². The number of likely N-dealkylation sites (tertiary alicyclic amines) is 1. The molecule has 1 amide bonds. The van der Waals surface area contributed by atoms with Crippen molar-refractivity contribution < 1.29 is 9.90 Å². The number of hydrogen-bond donors (Lipinski definition) is 2. The summed E-state index contributed by atoms with van der Waals surface area (Å²) in [5, 5.41) is 12.4. The van der Waals surface area contributed by atoms with E-state index < -0.39 is 0 Å². The molecule has 1 aromatic carbocycles. The number of amides is 1. The Morgan fingerprint density at radius 1 is 1.25 bits per heavy atom. The number of benzene rings is 1. The molecule has 0 atom stereocenters. The van der Waals surface area contributed by atoms with E-state index in [1.807, 2.05) is 6.07 Å². The lowest BCUT2D eigenvalue weighted by atomic mass is 10.1. The molecule has 0 bridgehead atoms. The average Bonchev–Trinajstić information content (AvgIpc) is 2.89. The van der Waals surface area contributed by atoms with Gasteiger partial charge in [-0.3, -0.25) is 9.69 Å². The summed E-state index contributed by atoms with van der Waals surface area (Å²) in [5.41, 5.74) is 3.71. The van der Waals surface area contributed by atoms with E-state index in [1.165, 1.54) is 24.0 Å². The fraction of sp³-hybridized carbons (Fsp3) is 0.562. The molecule has 20 heavy (non-hydrogen) atoms. The molecule has 0 aromatic heterocycles. The molecule has 1 saturated heterocycles. The van der Waals surface area contributed by atoms with Gasteiger partial charge in [-0.15, -0.1) is 0 Å². The number of rotatable bonds is 3. The van der Waals surface area contributed by atoms with Gasteiger partial charge in [-0.1, -0.05) is 6.07 Å². The quantitative estimate of drug-likeness (QED) is 0.879. The van der Waals surface area contributed by atoms with Gasteiger partial charge in [0.2, 0.25) is 5.91 Å². The van der Waals surface area contributed by atoms with Crippen LogP contribution >= 0.6 is 0 Å². The molecular weight excluding hydrogens is 252 g/mol. The third kappa shape index (κ3) is 3.19. The molecule has 1 aliphatic carbocycles. The van der Waals surface area contributed by atoms with E-state index in [9.17, 15) is 9.90 Å². The highest BCUT2D eigenvalue weighted by atomic mass is 16.3. The molecule has 2 N–H and O–H groups in total. The maximum atomic E-state index is 12.0. The molecule has 4 nitrogen and oxygen atoms in total. The number of nitrogens with one attached hydrogen (secondary N) is 1. The topological polar surface area (TPSA) is 52.6 Å². The predicted molar refractivity (Wildman–Crippen MR) is 78.8 cm³/mol. The fourth-order valence-electron chi connectivity index (χ4n) is 3.13. The highest BCUT2D eigenvalue weighted by Gasteiger charge is 2.19. The number of anilines is 1. The van der Waals surface area contributed by atoms with Crippen molar-refractivity contribution in [2.24, 2.45) is 0 Å². The number of nitrogens with zero attached hydrogens (tertiary/aromatic N) is 1. The van der Waals surface area contributed by atoms with Crippen LogP contribution in [0, 0.1) is 0 Å². The lowest BCUT2D eigenvalue weighted by molar-refractivity contribution is -0.117. The van der Waals surface area contributed by atoms with Crippen molar-refractivity contribution in [1.29, 1.82) is 0 Å². The van der Waals surface area contributed by atoms with Gasteiger partial charge >= 0.3 is 0 Å². The number of hydrogen-bond acceptors (Lipinski definition) is 3. The van der Waals surface area contributed by atoms with Crippen LogP contribution in [0.2, 0.25) is 0 Å². The molecule has 1 heterocycles. The molecule has 0 unspecified atom stereocenters. The Hall–Kier alpha value is -1.39. The minimum atomic E-state index is -0.189. The highest BCUT2D eigenvalue weighted by Crippen LogP contribution is 2.24. The summed E-state index contributed by atoms with van der Waals surface area (Å²) in [6.45, 7) is 2.03. The Morgan fingerprint density at radius 2 is 2.00 bits per heavy atom. The van der Waals surface area contributed by atoms with Crippen LogP contribution in [0.3, 0.4) is 0 Å². The van der Waals surface area contributed by atoms with Crippen LogP contribution < -0.4 is 5.32 Å². The Balaban J connectivity index is 1.54. The molecule has 1 aromatic rings. The van der Waals surface area contributed by atoms with Gasteiger partial charge < -0.3 is 10.4 Å². The fourth-order valence-corrected chi connectivity index (χ4v) is 3.13. The largest absolute Gasteiger partial charge is 0.393 e.